The minimum absolute atomic E-state index is 0.543. The molecule has 2 N–H and O–H groups in total. The van der Waals surface area contributed by atoms with Gasteiger partial charge >= 0.3 is 0 Å². The molecule has 88 valence electrons. The minimum Gasteiger partial charge on any atom is -0.384 e. The summed E-state index contributed by atoms with van der Waals surface area (Å²) in [6, 6.07) is 12.1. The molecule has 0 atom stereocenters. The van der Waals surface area contributed by atoms with Crippen LogP contribution in [0.25, 0.3) is 21.9 Å². The van der Waals surface area contributed by atoms with E-state index in [1.807, 2.05) is 30.5 Å². The molecule has 3 aromatic rings. The van der Waals surface area contributed by atoms with Crippen molar-refractivity contribution in [1.82, 2.24) is 9.97 Å². The molecule has 0 saturated heterocycles. The maximum atomic E-state index is 5.69. The molecule has 0 saturated carbocycles. The van der Waals surface area contributed by atoms with Gasteiger partial charge in [0, 0.05) is 23.3 Å². The van der Waals surface area contributed by atoms with Gasteiger partial charge in [0.25, 0.3) is 0 Å². The van der Waals surface area contributed by atoms with Crippen LogP contribution in [0.2, 0.25) is 0 Å². The zero-order chi connectivity index (χ0) is 12.5. The van der Waals surface area contributed by atoms with Gasteiger partial charge < -0.3 is 5.73 Å². The second-order valence-corrected chi connectivity index (χ2v) is 5.00. The normalized spacial score (nSPS) is 10.7. The van der Waals surface area contributed by atoms with Gasteiger partial charge in [-0.25, -0.2) is 4.98 Å². The first-order valence-corrected chi connectivity index (χ1v) is 6.59. The van der Waals surface area contributed by atoms with Gasteiger partial charge in [-0.15, -0.1) is 0 Å². The summed E-state index contributed by atoms with van der Waals surface area (Å²) in [4.78, 5) is 8.50. The molecule has 0 spiro atoms. The topological polar surface area (TPSA) is 51.8 Å². The Bertz CT molecular complexity index is 720. The van der Waals surface area contributed by atoms with Gasteiger partial charge in [0.15, 0.2) is 0 Å². The van der Waals surface area contributed by atoms with E-state index >= 15 is 0 Å². The molecular formula is C14H10IN3. The molecular weight excluding hydrogens is 337 g/mol. The SMILES string of the molecule is Nc1ccc(-c2cccc3ccncc23)c(I)n1. The maximum Gasteiger partial charge on any atom is 0.124 e. The largest absolute Gasteiger partial charge is 0.384 e. The first kappa shape index (κ1) is 11.4. The van der Waals surface area contributed by atoms with Crippen LogP contribution in [0.3, 0.4) is 0 Å². The van der Waals surface area contributed by atoms with Crippen molar-refractivity contribution in [2.75, 3.05) is 5.73 Å². The van der Waals surface area contributed by atoms with Crippen LogP contribution in [0.5, 0.6) is 0 Å². The molecule has 0 fully saturated rings. The number of halogens is 1. The van der Waals surface area contributed by atoms with Crippen molar-refractivity contribution in [1.29, 1.82) is 0 Å². The lowest BCUT2D eigenvalue weighted by molar-refractivity contribution is 1.28. The Kier molecular flexibility index (Phi) is 2.87. The standard InChI is InChI=1S/C14H10IN3/c15-14-11(4-5-13(16)18-14)10-3-1-2-9-6-7-17-8-12(9)10/h1-8H,(H2,16,18). The highest BCUT2D eigenvalue weighted by molar-refractivity contribution is 14.1. The highest BCUT2D eigenvalue weighted by atomic mass is 127. The molecule has 4 heteroatoms. The van der Waals surface area contributed by atoms with Gasteiger partial charge in [-0.05, 0) is 51.7 Å². The van der Waals surface area contributed by atoms with Gasteiger partial charge in [0.1, 0.15) is 9.52 Å². The quantitative estimate of drug-likeness (QED) is 0.542. The first-order chi connectivity index (χ1) is 8.75. The number of hydrogen-bond acceptors (Lipinski definition) is 3. The van der Waals surface area contributed by atoms with Crippen molar-refractivity contribution in [2.45, 2.75) is 0 Å². The predicted molar refractivity (Wildman–Crippen MR) is 82.1 cm³/mol. The summed E-state index contributed by atoms with van der Waals surface area (Å²) in [6.45, 7) is 0. The molecule has 0 unspecified atom stereocenters. The monoisotopic (exact) mass is 347 g/mol. The third kappa shape index (κ3) is 1.92. The summed E-state index contributed by atoms with van der Waals surface area (Å²) >= 11 is 2.21. The van der Waals surface area contributed by atoms with Crippen molar-refractivity contribution in [2.24, 2.45) is 0 Å². The van der Waals surface area contributed by atoms with Crippen molar-refractivity contribution < 1.29 is 0 Å². The van der Waals surface area contributed by atoms with Crippen LogP contribution in [0, 0.1) is 3.70 Å². The second kappa shape index (κ2) is 4.53. The zero-order valence-corrected chi connectivity index (χ0v) is 11.6. The van der Waals surface area contributed by atoms with Gasteiger partial charge in [0.05, 0.1) is 0 Å². The molecule has 0 aliphatic heterocycles. The summed E-state index contributed by atoms with van der Waals surface area (Å²) in [5.41, 5.74) is 7.91. The Morgan fingerprint density at radius 1 is 1.00 bits per heavy atom. The van der Waals surface area contributed by atoms with E-state index in [1.165, 1.54) is 5.39 Å². The minimum atomic E-state index is 0.543. The number of rotatable bonds is 1. The van der Waals surface area contributed by atoms with E-state index in [4.69, 9.17) is 5.73 Å². The fourth-order valence-corrected chi connectivity index (χ4v) is 2.75. The van der Waals surface area contributed by atoms with Crippen LogP contribution in [-0.2, 0) is 0 Å². The molecule has 2 heterocycles. The Morgan fingerprint density at radius 3 is 2.72 bits per heavy atom. The van der Waals surface area contributed by atoms with Crippen LogP contribution in [0.1, 0.15) is 0 Å². The Hall–Kier alpha value is -1.69. The molecule has 0 amide bonds. The molecule has 0 aliphatic carbocycles. The van der Waals surface area contributed by atoms with Crippen molar-refractivity contribution in [3.8, 4) is 11.1 Å². The van der Waals surface area contributed by atoms with Crippen molar-refractivity contribution in [3.05, 3.63) is 52.5 Å². The highest BCUT2D eigenvalue weighted by Crippen LogP contribution is 2.30. The lowest BCUT2D eigenvalue weighted by Gasteiger charge is -2.08. The van der Waals surface area contributed by atoms with E-state index in [2.05, 4.69) is 44.7 Å². The Balaban J connectivity index is 2.31. The molecule has 18 heavy (non-hydrogen) atoms. The van der Waals surface area contributed by atoms with E-state index in [1.54, 1.807) is 6.20 Å². The number of aromatic nitrogens is 2. The summed E-state index contributed by atoms with van der Waals surface area (Å²) < 4.78 is 0.906. The summed E-state index contributed by atoms with van der Waals surface area (Å²) in [6.07, 6.45) is 3.69. The van der Waals surface area contributed by atoms with Crippen molar-refractivity contribution in [3.63, 3.8) is 0 Å². The summed E-state index contributed by atoms with van der Waals surface area (Å²) in [5.74, 6) is 0.543. The van der Waals surface area contributed by atoms with E-state index in [0.717, 1.165) is 20.2 Å². The molecule has 3 rings (SSSR count). The summed E-state index contributed by atoms with van der Waals surface area (Å²) in [5, 5.41) is 2.31. The van der Waals surface area contributed by atoms with Crippen LogP contribution >= 0.6 is 22.6 Å². The number of fused-ring (bicyclic) bond motifs is 1. The molecule has 1 aromatic carbocycles. The third-order valence-corrected chi connectivity index (χ3v) is 3.67. The number of hydrogen-bond donors (Lipinski definition) is 1. The third-order valence-electron chi connectivity index (χ3n) is 2.84. The second-order valence-electron chi connectivity index (χ2n) is 3.98. The highest BCUT2D eigenvalue weighted by Gasteiger charge is 2.08. The molecule has 3 nitrogen and oxygen atoms in total. The number of nitrogens with two attached hydrogens (primary N) is 1. The number of benzene rings is 1. The number of anilines is 1. The zero-order valence-electron chi connectivity index (χ0n) is 9.47. The molecule has 0 aliphatic rings. The lowest BCUT2D eigenvalue weighted by Crippen LogP contribution is -1.94. The maximum absolute atomic E-state index is 5.69. The molecule has 0 bridgehead atoms. The number of nitrogens with zero attached hydrogens (tertiary/aromatic N) is 2. The average Bonchev–Trinajstić information content (AvgIpc) is 2.38. The van der Waals surface area contributed by atoms with Gasteiger partial charge in [-0.3, -0.25) is 4.98 Å². The smallest absolute Gasteiger partial charge is 0.124 e. The van der Waals surface area contributed by atoms with E-state index in [-0.39, 0.29) is 0 Å². The summed E-state index contributed by atoms with van der Waals surface area (Å²) in [7, 11) is 0. The van der Waals surface area contributed by atoms with Gasteiger partial charge in [-0.1, -0.05) is 18.2 Å². The van der Waals surface area contributed by atoms with Crippen LogP contribution in [-0.4, -0.2) is 9.97 Å². The Labute approximate surface area is 118 Å². The first-order valence-electron chi connectivity index (χ1n) is 5.51. The number of pyridine rings is 2. The van der Waals surface area contributed by atoms with Crippen molar-refractivity contribution >= 4 is 39.2 Å². The fourth-order valence-electron chi connectivity index (χ4n) is 2.00. The number of nitrogen functional groups attached to an aromatic ring is 1. The van der Waals surface area contributed by atoms with Crippen LogP contribution in [0.4, 0.5) is 5.82 Å². The van der Waals surface area contributed by atoms with Gasteiger partial charge in [0.2, 0.25) is 0 Å². The molecule has 0 radical (unpaired) electrons. The van der Waals surface area contributed by atoms with Crippen LogP contribution < -0.4 is 5.73 Å². The predicted octanol–water partition coefficient (Wildman–Crippen LogP) is 3.48. The fraction of sp³-hybridized carbons (Fsp3) is 0. The van der Waals surface area contributed by atoms with Crippen LogP contribution in [0.15, 0.2) is 48.8 Å². The van der Waals surface area contributed by atoms with E-state index in [9.17, 15) is 0 Å². The lowest BCUT2D eigenvalue weighted by atomic mass is 10.0. The van der Waals surface area contributed by atoms with Gasteiger partial charge in [-0.2, -0.15) is 0 Å². The van der Waals surface area contributed by atoms with E-state index in [0.29, 0.717) is 5.82 Å². The Morgan fingerprint density at radius 2 is 1.89 bits per heavy atom. The van der Waals surface area contributed by atoms with E-state index < -0.39 is 0 Å². The average molecular weight is 347 g/mol. The molecule has 2 aromatic heterocycles.